The zero-order valence-electron chi connectivity index (χ0n) is 19.6. The molecule has 3 N–H and O–H groups in total. The van der Waals surface area contributed by atoms with Crippen molar-refractivity contribution in [3.63, 3.8) is 0 Å². The zero-order chi connectivity index (χ0) is 25.8. The second kappa shape index (κ2) is 11.1. The summed E-state index contributed by atoms with van der Waals surface area (Å²) in [7, 11) is 0. The van der Waals surface area contributed by atoms with Gasteiger partial charge in [-0.3, -0.25) is 9.89 Å². The molecule has 1 amide bonds. The lowest BCUT2D eigenvalue weighted by molar-refractivity contribution is -0.0263. The second-order valence-corrected chi connectivity index (χ2v) is 9.20. The monoisotopic (exact) mass is 522 g/mol. The molecule has 3 heterocycles. The first-order valence-corrected chi connectivity index (χ1v) is 12.2. The Hall–Kier alpha value is -3.73. The van der Waals surface area contributed by atoms with Crippen LogP contribution in [0.4, 0.5) is 10.3 Å². The lowest BCUT2D eigenvalue weighted by Gasteiger charge is -2.25. The number of aliphatic hydroxyl groups excluding tert-OH is 1. The Morgan fingerprint density at radius 3 is 2.97 bits per heavy atom. The number of aromatic nitrogens is 4. The molecule has 0 radical (unpaired) electrons. The van der Waals surface area contributed by atoms with Gasteiger partial charge in [0.1, 0.15) is 5.82 Å². The van der Waals surface area contributed by atoms with Crippen LogP contribution in [0.25, 0.3) is 10.9 Å². The van der Waals surface area contributed by atoms with Gasteiger partial charge < -0.3 is 15.2 Å². The summed E-state index contributed by atoms with van der Waals surface area (Å²) >= 11 is 5.84. The molecule has 1 fully saturated rings. The molecular formula is C26H24ClFN6O3. The third kappa shape index (κ3) is 5.82. The third-order valence-electron chi connectivity index (χ3n) is 6.25. The van der Waals surface area contributed by atoms with Crippen LogP contribution in [0.5, 0.6) is 0 Å². The van der Waals surface area contributed by atoms with E-state index in [0.717, 1.165) is 11.8 Å². The van der Waals surface area contributed by atoms with Gasteiger partial charge >= 0.3 is 0 Å². The van der Waals surface area contributed by atoms with Crippen LogP contribution in [-0.2, 0) is 4.74 Å². The van der Waals surface area contributed by atoms with E-state index in [4.69, 9.17) is 16.3 Å². The number of hydrogen-bond acceptors (Lipinski definition) is 7. The summed E-state index contributed by atoms with van der Waals surface area (Å²) in [6, 6.07) is 8.84. The molecule has 3 atom stereocenters. The van der Waals surface area contributed by atoms with Crippen LogP contribution in [0.15, 0.2) is 60.0 Å². The molecule has 9 nitrogen and oxygen atoms in total. The maximum absolute atomic E-state index is 14.2. The average molecular weight is 523 g/mol. The molecule has 1 aliphatic rings. The summed E-state index contributed by atoms with van der Waals surface area (Å²) in [5.41, 5.74) is 2.12. The van der Waals surface area contributed by atoms with E-state index < -0.39 is 11.9 Å². The molecule has 1 unspecified atom stereocenters. The number of aliphatic hydroxyl groups is 1. The van der Waals surface area contributed by atoms with E-state index in [-0.39, 0.29) is 35.5 Å². The molecule has 190 valence electrons. The van der Waals surface area contributed by atoms with Crippen LogP contribution in [-0.4, -0.2) is 56.7 Å². The summed E-state index contributed by atoms with van der Waals surface area (Å²) in [6.45, 7) is 0.553. The third-order valence-corrected chi connectivity index (χ3v) is 6.56. The number of rotatable bonds is 7. The highest BCUT2D eigenvalue weighted by molar-refractivity contribution is 6.30. The number of ether oxygens (including phenoxy) is 1. The summed E-state index contributed by atoms with van der Waals surface area (Å²) < 4.78 is 19.6. The predicted molar refractivity (Wildman–Crippen MR) is 137 cm³/mol. The Kier molecular flexibility index (Phi) is 7.50. The Balaban J connectivity index is 1.37. The lowest BCUT2D eigenvalue weighted by Crippen LogP contribution is -2.29. The van der Waals surface area contributed by atoms with Crippen molar-refractivity contribution in [3.8, 4) is 0 Å². The average Bonchev–Trinajstić information content (AvgIpc) is 3.46. The minimum Gasteiger partial charge on any atom is -0.394 e. The first-order valence-electron chi connectivity index (χ1n) is 11.8. The van der Waals surface area contributed by atoms with Crippen molar-refractivity contribution < 1.29 is 19.0 Å². The minimum atomic E-state index is -0.651. The number of hydrogen-bond donors (Lipinski definition) is 3. The summed E-state index contributed by atoms with van der Waals surface area (Å²) in [6.07, 6.45) is 7.97. The number of nitrogens with zero attached hydrogens (tertiary/aromatic N) is 4. The highest BCUT2D eigenvalue weighted by atomic mass is 35.5. The first kappa shape index (κ1) is 24.9. The number of benzene rings is 2. The van der Waals surface area contributed by atoms with E-state index in [1.807, 2.05) is 0 Å². The van der Waals surface area contributed by atoms with Gasteiger partial charge in [-0.1, -0.05) is 23.7 Å². The molecule has 1 aliphatic heterocycles. The fraction of sp³-hybridized carbons (Fsp3) is 0.269. The van der Waals surface area contributed by atoms with Gasteiger partial charge in [-0.25, -0.2) is 19.4 Å². The number of carbonyl (C=O) groups excluding carboxylic acids is 1. The van der Waals surface area contributed by atoms with Gasteiger partial charge in [-0.15, -0.1) is 0 Å². The number of carbonyl (C=O) groups is 1. The van der Waals surface area contributed by atoms with E-state index >= 15 is 0 Å². The van der Waals surface area contributed by atoms with Crippen LogP contribution in [0.2, 0.25) is 5.02 Å². The summed E-state index contributed by atoms with van der Waals surface area (Å²) in [4.78, 5) is 26.4. The Morgan fingerprint density at radius 2 is 2.19 bits per heavy atom. The molecule has 11 heteroatoms. The van der Waals surface area contributed by atoms with Crippen LogP contribution in [0, 0.1) is 11.7 Å². The highest BCUT2D eigenvalue weighted by Crippen LogP contribution is 2.26. The van der Waals surface area contributed by atoms with Gasteiger partial charge in [0.05, 0.1) is 35.5 Å². The van der Waals surface area contributed by atoms with E-state index in [0.29, 0.717) is 35.2 Å². The number of nitrogens with one attached hydrogen (secondary N) is 2. The number of halogens is 2. The minimum absolute atomic E-state index is 0.00118. The highest BCUT2D eigenvalue weighted by Gasteiger charge is 2.22. The standard InChI is InChI=1S/C26H24ClFN6O3/c27-21-4-3-16(8-22(21)28)24(19-12-31-32-13-19)34-25(36)17-1-2-18-11-30-26(33-23(18)9-17)29-10-15-5-6-37-20(7-15)14-35/h1-4,8-13,15,20,24,35H,5-7,14H2,(H,31,32)(H,34,36)/t15?,20-,24-/m0/s1. The molecule has 0 saturated carbocycles. The van der Waals surface area contributed by atoms with Crippen molar-refractivity contribution in [2.45, 2.75) is 25.0 Å². The normalized spacial score (nSPS) is 18.8. The SMILES string of the molecule is O=C(N[C@H](c1cn[nH]c1)c1ccc(Cl)c(F)c1)c1ccc2cnc(N=CC3CCO[C@H](CO)C3)nc2c1. The quantitative estimate of drug-likeness (QED) is 0.313. The van der Waals surface area contributed by atoms with Crippen molar-refractivity contribution in [3.05, 3.63) is 82.5 Å². The summed E-state index contributed by atoms with van der Waals surface area (Å²) in [5.74, 6) is -0.501. The molecule has 2 aromatic heterocycles. The smallest absolute Gasteiger partial charge is 0.252 e. The molecule has 0 bridgehead atoms. The fourth-order valence-corrected chi connectivity index (χ4v) is 4.36. The topological polar surface area (TPSA) is 125 Å². The number of amides is 1. The first-order chi connectivity index (χ1) is 18.0. The van der Waals surface area contributed by atoms with Gasteiger partial charge in [-0.05, 0) is 48.6 Å². The van der Waals surface area contributed by atoms with E-state index in [1.165, 1.54) is 12.1 Å². The predicted octanol–water partition coefficient (Wildman–Crippen LogP) is 4.15. The molecule has 0 aliphatic carbocycles. The number of H-pyrrole nitrogens is 1. The van der Waals surface area contributed by atoms with E-state index in [1.54, 1.807) is 49.1 Å². The van der Waals surface area contributed by atoms with Crippen molar-refractivity contribution in [1.29, 1.82) is 0 Å². The Bertz CT molecular complexity index is 1430. The van der Waals surface area contributed by atoms with Crippen LogP contribution in [0.3, 0.4) is 0 Å². The Morgan fingerprint density at radius 1 is 1.30 bits per heavy atom. The van der Waals surface area contributed by atoms with E-state index in [9.17, 15) is 14.3 Å². The van der Waals surface area contributed by atoms with Crippen LogP contribution < -0.4 is 5.32 Å². The molecule has 4 aromatic rings. The van der Waals surface area contributed by atoms with Crippen LogP contribution >= 0.6 is 11.6 Å². The maximum Gasteiger partial charge on any atom is 0.252 e. The molecular weight excluding hydrogens is 499 g/mol. The van der Waals surface area contributed by atoms with Gasteiger partial charge in [0.15, 0.2) is 0 Å². The molecule has 5 rings (SSSR count). The van der Waals surface area contributed by atoms with Gasteiger partial charge in [0, 0.05) is 41.7 Å². The number of aliphatic imine (C=N–C) groups is 1. The van der Waals surface area contributed by atoms with Crippen molar-refractivity contribution in [2.24, 2.45) is 10.9 Å². The number of aromatic amines is 1. The number of fused-ring (bicyclic) bond motifs is 1. The van der Waals surface area contributed by atoms with Crippen molar-refractivity contribution in [1.82, 2.24) is 25.5 Å². The van der Waals surface area contributed by atoms with E-state index in [2.05, 4.69) is 30.5 Å². The van der Waals surface area contributed by atoms with Gasteiger partial charge in [-0.2, -0.15) is 5.10 Å². The molecule has 2 aromatic carbocycles. The fourth-order valence-electron chi connectivity index (χ4n) is 4.25. The van der Waals surface area contributed by atoms with Crippen molar-refractivity contribution in [2.75, 3.05) is 13.2 Å². The Labute approximate surface area is 216 Å². The second-order valence-electron chi connectivity index (χ2n) is 8.79. The maximum atomic E-state index is 14.2. The zero-order valence-corrected chi connectivity index (χ0v) is 20.4. The summed E-state index contributed by atoms with van der Waals surface area (Å²) in [5, 5.41) is 19.7. The molecule has 1 saturated heterocycles. The van der Waals surface area contributed by atoms with Crippen molar-refractivity contribution >= 4 is 40.6 Å². The van der Waals surface area contributed by atoms with Gasteiger partial charge in [0.2, 0.25) is 5.95 Å². The molecule has 0 spiro atoms. The molecule has 37 heavy (non-hydrogen) atoms. The largest absolute Gasteiger partial charge is 0.394 e. The lowest BCUT2D eigenvalue weighted by atomic mass is 9.97. The van der Waals surface area contributed by atoms with Crippen LogP contribution in [0.1, 0.15) is 40.4 Å². The van der Waals surface area contributed by atoms with Gasteiger partial charge in [0.25, 0.3) is 5.91 Å².